The van der Waals surface area contributed by atoms with Crippen LogP contribution in [-0.2, 0) is 16.1 Å². The van der Waals surface area contributed by atoms with Crippen molar-refractivity contribution in [3.8, 4) is 11.3 Å². The van der Waals surface area contributed by atoms with E-state index in [2.05, 4.69) is 15.0 Å². The van der Waals surface area contributed by atoms with Crippen LogP contribution in [0.5, 0.6) is 0 Å². The third-order valence-corrected chi connectivity index (χ3v) is 5.75. The van der Waals surface area contributed by atoms with E-state index in [1.807, 2.05) is 0 Å². The van der Waals surface area contributed by atoms with Crippen molar-refractivity contribution in [1.29, 1.82) is 0 Å². The summed E-state index contributed by atoms with van der Waals surface area (Å²) in [7, 11) is 1.23. The number of hydrogen-bond donors (Lipinski definition) is 1. The number of amides is 1. The number of nitrogens with one attached hydrogen (secondary N) is 1. The molecule has 158 valence electrons. The number of aromatic nitrogens is 2. The van der Waals surface area contributed by atoms with Gasteiger partial charge in [-0.05, 0) is 17.0 Å². The maximum atomic E-state index is 13.1. The molecule has 0 atom stereocenters. The highest BCUT2D eigenvalue weighted by atomic mass is 32.2. The van der Waals surface area contributed by atoms with Gasteiger partial charge in [-0.3, -0.25) is 4.79 Å². The molecule has 0 radical (unpaired) electrons. The van der Waals surface area contributed by atoms with Crippen LogP contribution in [0.3, 0.4) is 0 Å². The van der Waals surface area contributed by atoms with E-state index in [0.29, 0.717) is 16.9 Å². The molecule has 0 aliphatic carbocycles. The molecule has 0 saturated heterocycles. The fourth-order valence-corrected chi connectivity index (χ4v) is 4.16. The molecule has 0 bridgehead atoms. The van der Waals surface area contributed by atoms with Crippen molar-refractivity contribution in [3.05, 3.63) is 52.9 Å². The van der Waals surface area contributed by atoms with E-state index in [1.54, 1.807) is 41.8 Å². The molecular weight excluding hydrogens is 439 g/mol. The molecule has 1 amide bonds. The molecule has 0 aliphatic heterocycles. The van der Waals surface area contributed by atoms with Crippen LogP contribution in [0.4, 0.5) is 18.9 Å². The molecule has 3 aromatic rings. The number of anilines is 1. The Bertz CT molecular complexity index is 1030. The van der Waals surface area contributed by atoms with Gasteiger partial charge >= 0.3 is 12.1 Å². The molecule has 6 nitrogen and oxygen atoms in total. The summed E-state index contributed by atoms with van der Waals surface area (Å²) < 4.78 is 45.0. The molecule has 2 aromatic heterocycles. The van der Waals surface area contributed by atoms with Crippen LogP contribution in [0.1, 0.15) is 9.67 Å². The maximum Gasteiger partial charge on any atom is 0.406 e. The number of thioether (sulfide) groups is 1. The normalized spacial score (nSPS) is 11.3. The number of methoxy groups -OCH3 is 1. The first-order valence-electron chi connectivity index (χ1n) is 8.54. The standard InChI is InChI=1S/C19H16F3N3O3S2/c1-28-17(27)16-13(7-8-29-16)24-15(26)10-30-18-23-9-14(12-5-3-2-4-6-12)25(18)11-19(20,21)22/h2-9H,10-11H2,1H3,(H,24,26). The SMILES string of the molecule is COC(=O)c1sccc1NC(=O)CSc1ncc(-c2ccccc2)n1CC(F)(F)F. The van der Waals surface area contributed by atoms with E-state index in [4.69, 9.17) is 0 Å². The highest BCUT2D eigenvalue weighted by molar-refractivity contribution is 7.99. The van der Waals surface area contributed by atoms with E-state index < -0.39 is 24.6 Å². The fourth-order valence-electron chi connectivity index (χ4n) is 2.62. The van der Waals surface area contributed by atoms with Gasteiger partial charge in [-0.15, -0.1) is 11.3 Å². The largest absolute Gasteiger partial charge is 0.465 e. The molecule has 0 unspecified atom stereocenters. The van der Waals surface area contributed by atoms with E-state index in [-0.39, 0.29) is 15.8 Å². The Balaban J connectivity index is 1.75. The van der Waals surface area contributed by atoms with Crippen LogP contribution in [0.15, 0.2) is 53.1 Å². The van der Waals surface area contributed by atoms with Crippen molar-refractivity contribution in [2.24, 2.45) is 0 Å². The van der Waals surface area contributed by atoms with Crippen molar-refractivity contribution in [2.45, 2.75) is 17.9 Å². The zero-order valence-corrected chi connectivity index (χ0v) is 17.2. The number of hydrogen-bond acceptors (Lipinski definition) is 6. The monoisotopic (exact) mass is 455 g/mol. The van der Waals surface area contributed by atoms with Gasteiger partial charge in [0.2, 0.25) is 5.91 Å². The van der Waals surface area contributed by atoms with Crippen LogP contribution < -0.4 is 5.32 Å². The van der Waals surface area contributed by atoms with Crippen LogP contribution in [0.25, 0.3) is 11.3 Å². The molecule has 1 aromatic carbocycles. The second-order valence-corrected chi connectivity index (χ2v) is 7.84. The molecule has 11 heteroatoms. The smallest absolute Gasteiger partial charge is 0.406 e. The van der Waals surface area contributed by atoms with Gasteiger partial charge in [0, 0.05) is 0 Å². The Morgan fingerprint density at radius 2 is 1.97 bits per heavy atom. The van der Waals surface area contributed by atoms with Crippen molar-refractivity contribution in [3.63, 3.8) is 0 Å². The maximum absolute atomic E-state index is 13.1. The lowest BCUT2D eigenvalue weighted by atomic mass is 10.2. The Kier molecular flexibility index (Phi) is 6.83. The fraction of sp³-hybridized carbons (Fsp3) is 0.211. The summed E-state index contributed by atoms with van der Waals surface area (Å²) in [6, 6.07) is 10.1. The van der Waals surface area contributed by atoms with Gasteiger partial charge in [-0.2, -0.15) is 13.2 Å². The van der Waals surface area contributed by atoms with E-state index in [1.165, 1.54) is 13.3 Å². The third kappa shape index (κ3) is 5.42. The molecular formula is C19H16F3N3O3S2. The van der Waals surface area contributed by atoms with Crippen LogP contribution in [-0.4, -0.2) is 40.5 Å². The Hall–Kier alpha value is -2.79. The number of carbonyl (C=O) groups excluding carboxylic acids is 2. The highest BCUT2D eigenvalue weighted by Gasteiger charge is 2.31. The Morgan fingerprint density at radius 1 is 1.23 bits per heavy atom. The first-order chi connectivity index (χ1) is 14.3. The second-order valence-electron chi connectivity index (χ2n) is 5.99. The molecule has 0 aliphatic rings. The predicted molar refractivity (Wildman–Crippen MR) is 109 cm³/mol. The van der Waals surface area contributed by atoms with Gasteiger partial charge in [-0.25, -0.2) is 9.78 Å². The predicted octanol–water partition coefficient (Wildman–Crippen LogP) is 4.69. The zero-order chi connectivity index (χ0) is 21.7. The molecule has 0 spiro atoms. The molecule has 0 saturated carbocycles. The lowest BCUT2D eigenvalue weighted by Crippen LogP contribution is -2.20. The number of benzene rings is 1. The first-order valence-corrected chi connectivity index (χ1v) is 10.4. The van der Waals surface area contributed by atoms with Crippen molar-refractivity contribution < 1.29 is 27.5 Å². The van der Waals surface area contributed by atoms with Crippen LogP contribution in [0.2, 0.25) is 0 Å². The first kappa shape index (κ1) is 21.9. The summed E-state index contributed by atoms with van der Waals surface area (Å²) in [5.74, 6) is -1.24. The third-order valence-electron chi connectivity index (χ3n) is 3.87. The summed E-state index contributed by atoms with van der Waals surface area (Å²) in [6.45, 7) is -1.22. The van der Waals surface area contributed by atoms with Crippen LogP contribution >= 0.6 is 23.1 Å². The average Bonchev–Trinajstić information content (AvgIpc) is 3.32. The Labute approximate surface area is 178 Å². The van der Waals surface area contributed by atoms with Crippen molar-refractivity contribution >= 4 is 40.7 Å². The Morgan fingerprint density at radius 3 is 2.63 bits per heavy atom. The van der Waals surface area contributed by atoms with E-state index in [0.717, 1.165) is 27.7 Å². The summed E-state index contributed by atoms with van der Waals surface area (Å²) in [5.41, 5.74) is 1.19. The van der Waals surface area contributed by atoms with Gasteiger partial charge in [0.15, 0.2) is 5.16 Å². The van der Waals surface area contributed by atoms with Gasteiger partial charge < -0.3 is 14.6 Å². The summed E-state index contributed by atoms with van der Waals surface area (Å²) in [6.07, 6.45) is -3.09. The number of esters is 1. The van der Waals surface area contributed by atoms with Gasteiger partial charge in [-0.1, -0.05) is 42.1 Å². The minimum Gasteiger partial charge on any atom is -0.465 e. The molecule has 1 N–H and O–H groups in total. The topological polar surface area (TPSA) is 73.2 Å². The van der Waals surface area contributed by atoms with Crippen molar-refractivity contribution in [1.82, 2.24) is 9.55 Å². The number of halogens is 3. The van der Waals surface area contributed by atoms with Crippen molar-refractivity contribution in [2.75, 3.05) is 18.2 Å². The minimum atomic E-state index is -4.45. The lowest BCUT2D eigenvalue weighted by molar-refractivity contribution is -0.141. The number of rotatable bonds is 7. The van der Waals surface area contributed by atoms with E-state index >= 15 is 0 Å². The number of thiophene rings is 1. The zero-order valence-electron chi connectivity index (χ0n) is 15.6. The number of ether oxygens (including phenoxy) is 1. The lowest BCUT2D eigenvalue weighted by Gasteiger charge is -2.14. The van der Waals surface area contributed by atoms with Gasteiger partial charge in [0.25, 0.3) is 0 Å². The second kappa shape index (κ2) is 9.35. The molecule has 2 heterocycles. The summed E-state index contributed by atoms with van der Waals surface area (Å²) in [4.78, 5) is 28.3. The quantitative estimate of drug-likeness (QED) is 0.413. The minimum absolute atomic E-state index is 0.0693. The highest BCUT2D eigenvalue weighted by Crippen LogP contribution is 2.30. The molecule has 3 rings (SSSR count). The van der Waals surface area contributed by atoms with Gasteiger partial charge in [0.1, 0.15) is 11.4 Å². The van der Waals surface area contributed by atoms with E-state index in [9.17, 15) is 22.8 Å². The molecule has 0 fully saturated rings. The average molecular weight is 455 g/mol. The number of carbonyl (C=O) groups is 2. The summed E-state index contributed by atoms with van der Waals surface area (Å²) >= 11 is 1.99. The number of alkyl halides is 3. The molecule has 30 heavy (non-hydrogen) atoms. The number of nitrogens with zero attached hydrogens (tertiary/aromatic N) is 2. The van der Waals surface area contributed by atoms with Gasteiger partial charge in [0.05, 0.1) is 30.4 Å². The van der Waals surface area contributed by atoms with Crippen LogP contribution in [0, 0.1) is 0 Å². The summed E-state index contributed by atoms with van der Waals surface area (Å²) in [5, 5.41) is 4.26. The number of imidazole rings is 1.